The van der Waals surface area contributed by atoms with Crippen molar-refractivity contribution in [2.75, 3.05) is 32.0 Å². The summed E-state index contributed by atoms with van der Waals surface area (Å²) in [7, 11) is 0. The predicted octanol–water partition coefficient (Wildman–Crippen LogP) is 16.5. The molecule has 0 saturated heterocycles. The highest BCUT2D eigenvalue weighted by Gasteiger charge is 2.12. The molecule has 0 unspecified atom stereocenters. The van der Waals surface area contributed by atoms with Gasteiger partial charge < -0.3 is 10.0 Å². The lowest BCUT2D eigenvalue weighted by molar-refractivity contribution is 0.217. The number of rotatable bonds is 44. The van der Waals surface area contributed by atoms with E-state index in [1.807, 2.05) is 11.8 Å². The molecule has 304 valence electrons. The lowest BCUT2D eigenvalue weighted by atomic mass is 10.0. The number of hydrogen-bond donors (Lipinski definition) is 1. The third-order valence-corrected chi connectivity index (χ3v) is 13.1. The van der Waals surface area contributed by atoms with Crippen LogP contribution < -0.4 is 0 Å². The van der Waals surface area contributed by atoms with Gasteiger partial charge in [0.15, 0.2) is 0 Å². The van der Waals surface area contributed by atoms with Gasteiger partial charge in [-0.3, -0.25) is 0 Å². The maximum atomic E-state index is 9.44. The van der Waals surface area contributed by atoms with Crippen molar-refractivity contribution in [1.29, 1.82) is 0 Å². The molecule has 0 aromatic carbocycles. The van der Waals surface area contributed by atoms with Crippen LogP contribution in [0.5, 0.6) is 0 Å². The fraction of sp³-hybridized carbons (Fsp3) is 0.915. The molecule has 2 nitrogen and oxygen atoms in total. The predicted molar refractivity (Wildman–Crippen MR) is 240 cm³/mol. The van der Waals surface area contributed by atoms with Gasteiger partial charge in [0.2, 0.25) is 0 Å². The van der Waals surface area contributed by atoms with Crippen LogP contribution in [0.15, 0.2) is 23.0 Å². The molecule has 0 aromatic rings. The van der Waals surface area contributed by atoms with E-state index in [0.29, 0.717) is 6.61 Å². The highest BCUT2D eigenvalue weighted by Crippen LogP contribution is 2.32. The lowest BCUT2D eigenvalue weighted by Crippen LogP contribution is -2.27. The maximum Gasteiger partial charge on any atom is 0.0443 e. The van der Waals surface area contributed by atoms with Crippen molar-refractivity contribution < 1.29 is 5.11 Å². The molecule has 0 aliphatic carbocycles. The molecule has 0 fully saturated rings. The van der Waals surface area contributed by atoms with Gasteiger partial charge in [-0.25, -0.2) is 0 Å². The number of aliphatic hydroxyl groups is 1. The molecule has 0 rings (SSSR count). The van der Waals surface area contributed by atoms with Crippen molar-refractivity contribution in [3.63, 3.8) is 0 Å². The van der Waals surface area contributed by atoms with Crippen molar-refractivity contribution in [2.24, 2.45) is 0 Å². The van der Waals surface area contributed by atoms with Gasteiger partial charge in [-0.2, -0.15) is 0 Å². The first-order valence-electron chi connectivity index (χ1n) is 23.0. The zero-order chi connectivity index (χ0) is 37.3. The largest absolute Gasteiger partial charge is 0.396 e. The first kappa shape index (κ1) is 51.1. The van der Waals surface area contributed by atoms with Crippen LogP contribution in [0.25, 0.3) is 0 Å². The van der Waals surface area contributed by atoms with Gasteiger partial charge in [-0.05, 0) is 92.9 Å². The number of aliphatic hydroxyl groups excluding tert-OH is 1. The average Bonchev–Trinajstić information content (AvgIpc) is 3.13. The normalized spacial score (nSPS) is 11.7. The van der Waals surface area contributed by atoms with Crippen molar-refractivity contribution in [3.05, 3.63) is 23.0 Å². The van der Waals surface area contributed by atoms with Crippen LogP contribution in [-0.2, 0) is 0 Å². The molecule has 1 N–H and O–H groups in total. The Balaban J connectivity index is 4.02. The smallest absolute Gasteiger partial charge is 0.0443 e. The Morgan fingerprint density at radius 2 is 0.824 bits per heavy atom. The Bertz CT molecular complexity index is 696. The summed E-state index contributed by atoms with van der Waals surface area (Å²) in [6.07, 6.45) is 46.1. The van der Waals surface area contributed by atoms with E-state index in [2.05, 4.69) is 50.6 Å². The minimum atomic E-state index is 0.317. The molecule has 0 aliphatic rings. The van der Waals surface area contributed by atoms with Gasteiger partial charge >= 0.3 is 0 Å². The number of nitrogens with zero attached hydrogens (tertiary/aromatic N) is 1. The SMILES string of the molecule is C=C(CCCCCCCN(CCCO)CCCCCCCC(=C)SC(CCCCCCCC)CCCCCCCC)SCCCCCCCCC. The summed E-state index contributed by atoms with van der Waals surface area (Å²) in [6, 6.07) is 0. The third kappa shape index (κ3) is 39.6. The molecule has 0 bridgehead atoms. The van der Waals surface area contributed by atoms with E-state index in [4.69, 9.17) is 0 Å². The van der Waals surface area contributed by atoms with Crippen LogP contribution in [0.2, 0.25) is 0 Å². The van der Waals surface area contributed by atoms with E-state index in [1.165, 1.54) is 241 Å². The first-order chi connectivity index (χ1) is 25.1. The first-order valence-corrected chi connectivity index (χ1v) is 24.9. The molecule has 0 aromatic heterocycles. The van der Waals surface area contributed by atoms with Gasteiger partial charge in [0.25, 0.3) is 0 Å². The summed E-state index contributed by atoms with van der Waals surface area (Å²) in [5, 5.41) is 10.2. The molecule has 0 heterocycles. The van der Waals surface area contributed by atoms with Crippen LogP contribution in [0.4, 0.5) is 0 Å². The Morgan fingerprint density at radius 1 is 0.451 bits per heavy atom. The van der Waals surface area contributed by atoms with Crippen LogP contribution in [0, 0.1) is 0 Å². The Hall–Kier alpha value is 0.100. The van der Waals surface area contributed by atoms with Gasteiger partial charge in [0.05, 0.1) is 0 Å². The lowest BCUT2D eigenvalue weighted by Gasteiger charge is -2.22. The Morgan fingerprint density at radius 3 is 1.29 bits per heavy atom. The van der Waals surface area contributed by atoms with Crippen LogP contribution >= 0.6 is 23.5 Å². The molecule has 0 atom stereocenters. The topological polar surface area (TPSA) is 23.5 Å². The molecule has 0 amide bonds. The van der Waals surface area contributed by atoms with E-state index in [1.54, 1.807) is 0 Å². The molecule has 51 heavy (non-hydrogen) atoms. The summed E-state index contributed by atoms with van der Waals surface area (Å²) in [6.45, 7) is 19.6. The molecular formula is C47H93NOS2. The minimum Gasteiger partial charge on any atom is -0.396 e. The van der Waals surface area contributed by atoms with Crippen LogP contribution in [0.1, 0.15) is 239 Å². The Labute approximate surface area is 331 Å². The van der Waals surface area contributed by atoms with Crippen molar-refractivity contribution in [2.45, 2.75) is 244 Å². The van der Waals surface area contributed by atoms with Crippen molar-refractivity contribution >= 4 is 23.5 Å². The quantitative estimate of drug-likeness (QED) is 0.0626. The van der Waals surface area contributed by atoms with E-state index in [0.717, 1.165) is 18.2 Å². The zero-order valence-electron chi connectivity index (χ0n) is 35.3. The standard InChI is InChI=1S/C47H93NOS2/c1-6-9-12-15-18-27-34-44-50-45(4)36-28-21-19-25-32-40-48(42-35-43-49)41-33-26-20-22-29-37-46(5)51-47(38-30-23-16-13-10-7-2)39-31-24-17-14-11-8-3/h47,49H,4-44H2,1-3H3. The average molecular weight is 752 g/mol. The number of unbranched alkanes of at least 4 members (excludes halogenated alkanes) is 24. The fourth-order valence-corrected chi connectivity index (χ4v) is 9.44. The van der Waals surface area contributed by atoms with E-state index < -0.39 is 0 Å². The van der Waals surface area contributed by atoms with E-state index in [-0.39, 0.29) is 0 Å². The highest BCUT2D eigenvalue weighted by atomic mass is 32.2. The molecular weight excluding hydrogens is 659 g/mol. The molecule has 0 radical (unpaired) electrons. The van der Waals surface area contributed by atoms with E-state index in [9.17, 15) is 5.11 Å². The van der Waals surface area contributed by atoms with Crippen molar-refractivity contribution in [3.8, 4) is 0 Å². The number of hydrogen-bond acceptors (Lipinski definition) is 4. The molecule has 0 spiro atoms. The second-order valence-corrected chi connectivity index (χ2v) is 18.6. The van der Waals surface area contributed by atoms with Crippen LogP contribution in [0.3, 0.4) is 0 Å². The van der Waals surface area contributed by atoms with E-state index >= 15 is 0 Å². The van der Waals surface area contributed by atoms with Gasteiger partial charge in [0, 0.05) is 18.4 Å². The highest BCUT2D eigenvalue weighted by molar-refractivity contribution is 8.03. The third-order valence-electron chi connectivity index (χ3n) is 10.6. The Kier molecular flexibility index (Phi) is 42.9. The maximum absolute atomic E-state index is 9.44. The minimum absolute atomic E-state index is 0.317. The number of allylic oxidation sites excluding steroid dienone is 2. The summed E-state index contributed by atoms with van der Waals surface area (Å²) in [5.74, 6) is 1.27. The second-order valence-electron chi connectivity index (χ2n) is 15.9. The summed E-state index contributed by atoms with van der Waals surface area (Å²) in [4.78, 5) is 5.49. The summed E-state index contributed by atoms with van der Waals surface area (Å²) < 4.78 is 0. The van der Waals surface area contributed by atoms with Crippen molar-refractivity contribution in [1.82, 2.24) is 4.90 Å². The second kappa shape index (κ2) is 42.8. The fourth-order valence-electron chi connectivity index (χ4n) is 7.21. The van der Waals surface area contributed by atoms with Crippen LogP contribution in [-0.4, -0.2) is 47.3 Å². The molecule has 0 aliphatic heterocycles. The molecule has 4 heteroatoms. The monoisotopic (exact) mass is 752 g/mol. The summed E-state index contributed by atoms with van der Waals surface area (Å²) in [5.41, 5.74) is 0. The summed E-state index contributed by atoms with van der Waals surface area (Å²) >= 11 is 4.18. The number of thioether (sulfide) groups is 2. The zero-order valence-corrected chi connectivity index (χ0v) is 36.9. The van der Waals surface area contributed by atoms with Gasteiger partial charge in [-0.1, -0.05) is 188 Å². The van der Waals surface area contributed by atoms with Gasteiger partial charge in [0.1, 0.15) is 0 Å². The molecule has 0 saturated carbocycles. The van der Waals surface area contributed by atoms with Gasteiger partial charge in [-0.15, -0.1) is 23.5 Å².